The van der Waals surface area contributed by atoms with Crippen LogP contribution < -0.4 is 14.4 Å². The van der Waals surface area contributed by atoms with Gasteiger partial charge in [-0.25, -0.2) is 0 Å². The van der Waals surface area contributed by atoms with E-state index in [9.17, 15) is 0 Å². The highest BCUT2D eigenvalue weighted by Crippen LogP contribution is 2.34. The maximum absolute atomic E-state index is 6.24. The van der Waals surface area contributed by atoms with Crippen molar-refractivity contribution >= 4 is 11.1 Å². The van der Waals surface area contributed by atoms with Gasteiger partial charge >= 0.3 is 5.89 Å². The van der Waals surface area contributed by atoms with Crippen LogP contribution in [0, 0.1) is 0 Å². The molecule has 0 amide bonds. The normalized spacial score (nSPS) is 16.8. The summed E-state index contributed by atoms with van der Waals surface area (Å²) in [6, 6.07) is 16.2. The number of rotatable bonds is 2. The summed E-state index contributed by atoms with van der Waals surface area (Å²) in [7, 11) is 0. The van der Waals surface area contributed by atoms with Crippen LogP contribution in [0.4, 0.5) is 0 Å². The quantitative estimate of drug-likeness (QED) is 0.678. The highest BCUT2D eigenvalue weighted by atomic mass is 16.5. The molecule has 1 atom stereocenters. The van der Waals surface area contributed by atoms with E-state index in [1.807, 2.05) is 36.4 Å². The van der Waals surface area contributed by atoms with Gasteiger partial charge in [-0.15, -0.1) is 5.01 Å². The molecule has 112 valence electrons. The van der Waals surface area contributed by atoms with E-state index in [0.717, 1.165) is 41.3 Å². The fourth-order valence-electron chi connectivity index (χ4n) is 3.12. The topological polar surface area (TPSA) is 29.5 Å². The summed E-state index contributed by atoms with van der Waals surface area (Å²) in [6.45, 7) is 5.12. The van der Waals surface area contributed by atoms with Crippen molar-refractivity contribution in [3.63, 3.8) is 0 Å². The zero-order valence-electron chi connectivity index (χ0n) is 12.8. The van der Waals surface area contributed by atoms with Crippen molar-refractivity contribution in [3.05, 3.63) is 48.5 Å². The van der Waals surface area contributed by atoms with Crippen molar-refractivity contribution in [2.24, 2.45) is 0 Å². The maximum atomic E-state index is 6.24. The van der Waals surface area contributed by atoms with Crippen LogP contribution in [0.5, 0.6) is 5.75 Å². The van der Waals surface area contributed by atoms with Crippen LogP contribution in [0.15, 0.2) is 52.9 Å². The molecule has 0 N–H and O–H groups in total. The minimum Gasteiger partial charge on any atom is -0.464 e. The lowest BCUT2D eigenvalue weighted by Gasteiger charge is -2.23. The molecule has 2 aromatic carbocycles. The molecule has 1 unspecified atom stereocenters. The largest absolute Gasteiger partial charge is 0.464 e. The average molecular weight is 295 g/mol. The fourth-order valence-corrected chi connectivity index (χ4v) is 3.12. The van der Waals surface area contributed by atoms with E-state index in [1.54, 1.807) is 0 Å². The minimum absolute atomic E-state index is 0.0154. The van der Waals surface area contributed by atoms with Gasteiger partial charge in [0.1, 0.15) is 11.3 Å². The zero-order valence-corrected chi connectivity index (χ0v) is 12.8. The summed E-state index contributed by atoms with van der Waals surface area (Å²) in [5, 5.41) is 2.22. The van der Waals surface area contributed by atoms with Gasteiger partial charge in [0.2, 0.25) is 11.8 Å². The Morgan fingerprint density at radius 2 is 1.82 bits per heavy atom. The molecule has 22 heavy (non-hydrogen) atoms. The molecule has 4 rings (SSSR count). The van der Waals surface area contributed by atoms with E-state index in [0.29, 0.717) is 0 Å². The molecule has 0 radical (unpaired) electrons. The molecule has 0 saturated carbocycles. The summed E-state index contributed by atoms with van der Waals surface area (Å²) in [5.74, 6) is 1.70. The average Bonchev–Trinajstić information content (AvgIpc) is 2.88. The Kier molecular flexibility index (Phi) is 3.03. The molecule has 4 nitrogen and oxygen atoms in total. The molecule has 0 saturated heterocycles. The van der Waals surface area contributed by atoms with Gasteiger partial charge in [-0.2, -0.15) is 0 Å². The summed E-state index contributed by atoms with van der Waals surface area (Å²) >= 11 is 0. The van der Waals surface area contributed by atoms with Crippen molar-refractivity contribution in [1.82, 2.24) is 0 Å². The van der Waals surface area contributed by atoms with Gasteiger partial charge in [0, 0.05) is 12.5 Å². The van der Waals surface area contributed by atoms with Crippen molar-refractivity contribution in [2.75, 3.05) is 11.6 Å². The van der Waals surface area contributed by atoms with E-state index < -0.39 is 0 Å². The molecular formula is C18H19N2O2+. The smallest absolute Gasteiger partial charge is 0.414 e. The molecular weight excluding hydrogens is 276 g/mol. The predicted molar refractivity (Wildman–Crippen MR) is 85.3 cm³/mol. The van der Waals surface area contributed by atoms with E-state index in [1.165, 1.54) is 0 Å². The fraction of sp³-hybridized carbons (Fsp3) is 0.278. The van der Waals surface area contributed by atoms with Crippen LogP contribution in [0.1, 0.15) is 20.3 Å². The number of oxazole rings is 1. The Balaban J connectivity index is 2.08. The van der Waals surface area contributed by atoms with Gasteiger partial charge in [-0.3, -0.25) is 0 Å². The van der Waals surface area contributed by atoms with Gasteiger partial charge in [0.05, 0.1) is 6.54 Å². The lowest BCUT2D eigenvalue weighted by atomic mass is 10.2. The third-order valence-corrected chi connectivity index (χ3v) is 4.14. The summed E-state index contributed by atoms with van der Waals surface area (Å²) in [5.41, 5.74) is 2.95. The predicted octanol–water partition coefficient (Wildman–Crippen LogP) is 3.47. The summed E-state index contributed by atoms with van der Waals surface area (Å²) < 4.78 is 14.6. The Morgan fingerprint density at radius 1 is 1.05 bits per heavy atom. The van der Waals surface area contributed by atoms with Crippen molar-refractivity contribution in [2.45, 2.75) is 26.5 Å². The highest BCUT2D eigenvalue weighted by Gasteiger charge is 2.38. The second-order valence-corrected chi connectivity index (χ2v) is 5.42. The van der Waals surface area contributed by atoms with E-state index >= 15 is 0 Å². The first-order valence-electron chi connectivity index (χ1n) is 7.80. The molecule has 1 aromatic heterocycles. The van der Waals surface area contributed by atoms with Crippen molar-refractivity contribution in [3.8, 4) is 17.2 Å². The van der Waals surface area contributed by atoms with Crippen LogP contribution in [-0.2, 0) is 0 Å². The number of benzene rings is 2. The van der Waals surface area contributed by atoms with Crippen LogP contribution >= 0.6 is 0 Å². The van der Waals surface area contributed by atoms with E-state index in [-0.39, 0.29) is 6.23 Å². The van der Waals surface area contributed by atoms with Gasteiger partial charge in [-0.05, 0) is 29.8 Å². The maximum Gasteiger partial charge on any atom is 0.414 e. The second kappa shape index (κ2) is 5.05. The summed E-state index contributed by atoms with van der Waals surface area (Å²) in [6.07, 6.45) is 0.882. The summed E-state index contributed by atoms with van der Waals surface area (Å²) in [4.78, 5) is 0. The van der Waals surface area contributed by atoms with Crippen LogP contribution in [-0.4, -0.2) is 12.8 Å². The molecule has 3 aromatic rings. The number of nitrogens with zero attached hydrogens (tertiary/aromatic N) is 2. The van der Waals surface area contributed by atoms with Gasteiger partial charge in [-0.1, -0.05) is 31.2 Å². The molecule has 0 fully saturated rings. The Bertz CT molecular complexity index is 825. The van der Waals surface area contributed by atoms with Crippen molar-refractivity contribution < 1.29 is 13.8 Å². The number of para-hydroxylation sites is 3. The lowest BCUT2D eigenvalue weighted by Crippen LogP contribution is -2.63. The minimum atomic E-state index is -0.0154. The monoisotopic (exact) mass is 295 g/mol. The number of hydrogen-bond acceptors (Lipinski definition) is 3. The lowest BCUT2D eigenvalue weighted by molar-refractivity contribution is -0.668. The molecule has 0 bridgehead atoms. The molecule has 0 aliphatic carbocycles. The first-order valence-corrected chi connectivity index (χ1v) is 7.80. The van der Waals surface area contributed by atoms with Crippen LogP contribution in [0.2, 0.25) is 0 Å². The second-order valence-electron chi connectivity index (χ2n) is 5.42. The van der Waals surface area contributed by atoms with Crippen LogP contribution in [0.25, 0.3) is 22.6 Å². The molecule has 0 spiro atoms. The van der Waals surface area contributed by atoms with Crippen molar-refractivity contribution in [1.29, 1.82) is 0 Å². The Labute approximate surface area is 129 Å². The Morgan fingerprint density at radius 3 is 2.64 bits per heavy atom. The third kappa shape index (κ3) is 1.80. The Hall–Kier alpha value is -2.49. The highest BCUT2D eigenvalue weighted by molar-refractivity contribution is 5.73. The van der Waals surface area contributed by atoms with Crippen LogP contribution in [0.3, 0.4) is 0 Å². The van der Waals surface area contributed by atoms with E-state index in [2.05, 4.69) is 35.7 Å². The number of fused-ring (bicyclic) bond motifs is 5. The van der Waals surface area contributed by atoms with Gasteiger partial charge in [0.15, 0.2) is 0 Å². The molecule has 1 aliphatic rings. The zero-order chi connectivity index (χ0) is 15.1. The number of aromatic nitrogens is 1. The first-order chi connectivity index (χ1) is 10.8. The van der Waals surface area contributed by atoms with Gasteiger partial charge in [0.25, 0.3) is 5.52 Å². The number of ether oxygens (including phenoxy) is 1. The molecule has 1 aliphatic heterocycles. The molecule has 2 heterocycles. The van der Waals surface area contributed by atoms with E-state index in [4.69, 9.17) is 9.15 Å². The number of hydrogen-bond donors (Lipinski definition) is 0. The standard InChI is InChI=1S/C18H19N2O2/c1-3-17-19(4-2)20-14-10-6-8-12-16(14)22-18(20)13-9-5-7-11-15(13)21-17/h5-12,17H,3-4H2,1-2H3/q+1. The molecule has 4 heteroatoms. The van der Waals surface area contributed by atoms with Gasteiger partial charge < -0.3 is 9.15 Å². The SMILES string of the molecule is CCC1Oc2ccccc2-c2oc3ccccc3[n+]2N1CC. The third-order valence-electron chi connectivity index (χ3n) is 4.14. The first kappa shape index (κ1) is 13.2.